The van der Waals surface area contributed by atoms with Crippen LogP contribution < -0.4 is 26.6 Å². The highest BCUT2D eigenvalue weighted by Gasteiger charge is 2.31. The monoisotopic (exact) mass is 668 g/mol. The van der Waals surface area contributed by atoms with Gasteiger partial charge in [0.05, 0.1) is 6.61 Å². The first-order chi connectivity index (χ1) is 24.8. The van der Waals surface area contributed by atoms with Crippen LogP contribution in [0, 0.1) is 0 Å². The zero-order chi connectivity index (χ0) is 34.3. The van der Waals surface area contributed by atoms with Crippen LogP contribution in [-0.4, -0.2) is 12.8 Å². The minimum absolute atomic E-state index is 0.778. The average molecular weight is 669 g/mol. The molecule has 0 radical (unpaired) electrons. The maximum absolute atomic E-state index is 5.86. The van der Waals surface area contributed by atoms with Crippen molar-refractivity contribution in [1.82, 2.24) is 0 Å². The number of thiol groups is 1. The van der Waals surface area contributed by atoms with Gasteiger partial charge in [-0.05, 0) is 60.4 Å². The van der Waals surface area contributed by atoms with Crippen molar-refractivity contribution in [2.45, 2.75) is 36.0 Å². The van der Waals surface area contributed by atoms with Gasteiger partial charge in [0.1, 0.15) is 11.9 Å². The molecule has 0 aliphatic heterocycles. The Hall–Kier alpha value is -5.25. The van der Waals surface area contributed by atoms with Crippen LogP contribution in [0.25, 0.3) is 0 Å². The Morgan fingerprint density at radius 1 is 0.440 bits per heavy atom. The third kappa shape index (κ3) is 8.85. The summed E-state index contributed by atoms with van der Waals surface area (Å²) >= 11 is 1.28. The number of hydrogen-bond acceptors (Lipinski definition) is 1. The molecule has 0 saturated carbocycles. The second-order valence-electron chi connectivity index (χ2n) is 12.6. The normalized spacial score (nSPS) is 10.9. The molecular formula is C47H45BOS. The van der Waals surface area contributed by atoms with Crippen molar-refractivity contribution in [3.63, 3.8) is 0 Å². The van der Waals surface area contributed by atoms with Crippen LogP contribution in [-0.2, 0) is 18.2 Å². The third-order valence-corrected chi connectivity index (χ3v) is 10.3. The van der Waals surface area contributed by atoms with E-state index in [9.17, 15) is 0 Å². The number of benzene rings is 7. The van der Waals surface area contributed by atoms with Gasteiger partial charge >= 0.3 is 0 Å². The number of rotatable bonds is 12. The van der Waals surface area contributed by atoms with Crippen molar-refractivity contribution in [1.29, 1.82) is 0 Å². The van der Waals surface area contributed by atoms with E-state index >= 15 is 0 Å². The van der Waals surface area contributed by atoms with E-state index in [2.05, 4.69) is 195 Å². The standard InChI is InChI=1S/C35H34BO.C12H10S/c1-2-3-26-37-35-24-22-29(23-25-35)27-30-14-13-21-34(28-30)36(31-15-7-4-8-16-31,32-17-9-5-10-18-32)33-19-11-6-12-20-33;1-3-7-11(8-4-1)13-12-9-5-2-6-10-12/h4-25,28H,2-3,26-27H2,1H3;1-10H/q-1;/p+1. The molecule has 0 aliphatic carbocycles. The Kier molecular flexibility index (Phi) is 12.4. The van der Waals surface area contributed by atoms with Gasteiger partial charge in [0.2, 0.25) is 0 Å². The van der Waals surface area contributed by atoms with Gasteiger partial charge in [-0.25, -0.2) is 0 Å². The van der Waals surface area contributed by atoms with E-state index < -0.39 is 6.15 Å². The van der Waals surface area contributed by atoms with Gasteiger partial charge in [-0.3, -0.25) is 0 Å². The fourth-order valence-corrected chi connectivity index (χ4v) is 7.72. The second-order valence-corrected chi connectivity index (χ2v) is 13.9. The summed E-state index contributed by atoms with van der Waals surface area (Å²) in [5.41, 5.74) is 7.91. The van der Waals surface area contributed by atoms with Crippen molar-refractivity contribution in [2.75, 3.05) is 6.61 Å². The summed E-state index contributed by atoms with van der Waals surface area (Å²) in [6.45, 7) is 2.96. The molecule has 248 valence electrons. The topological polar surface area (TPSA) is 9.23 Å². The summed E-state index contributed by atoms with van der Waals surface area (Å²) in [5, 5.41) is 0. The van der Waals surface area contributed by atoms with Gasteiger partial charge in [0.25, 0.3) is 0 Å². The van der Waals surface area contributed by atoms with Crippen molar-refractivity contribution >= 4 is 39.8 Å². The molecule has 0 spiro atoms. The lowest BCUT2D eigenvalue weighted by atomic mass is 9.13. The first kappa shape index (κ1) is 34.6. The molecule has 0 bridgehead atoms. The summed E-state index contributed by atoms with van der Waals surface area (Å²) in [7, 11) is 0. The van der Waals surface area contributed by atoms with E-state index in [1.54, 1.807) is 0 Å². The van der Waals surface area contributed by atoms with Crippen molar-refractivity contribution in [3.8, 4) is 5.75 Å². The molecular weight excluding hydrogens is 623 g/mol. The highest BCUT2D eigenvalue weighted by atomic mass is 32.2. The zero-order valence-corrected chi connectivity index (χ0v) is 29.7. The Bertz CT molecular complexity index is 1850. The summed E-state index contributed by atoms with van der Waals surface area (Å²) in [6, 6.07) is 71.7. The number of hydrogen-bond donors (Lipinski definition) is 0. The lowest BCUT2D eigenvalue weighted by molar-refractivity contribution is 0.309. The van der Waals surface area contributed by atoms with Gasteiger partial charge < -0.3 is 4.74 Å². The van der Waals surface area contributed by atoms with Gasteiger partial charge in [-0.15, -0.1) is 0 Å². The van der Waals surface area contributed by atoms with Crippen molar-refractivity contribution in [3.05, 3.63) is 211 Å². The number of unbranched alkanes of at least 4 members (excludes halogenated alkanes) is 1. The molecule has 0 atom stereocenters. The van der Waals surface area contributed by atoms with Crippen LogP contribution in [0.2, 0.25) is 0 Å². The molecule has 0 heterocycles. The largest absolute Gasteiger partial charge is 0.494 e. The highest BCUT2D eigenvalue weighted by Crippen LogP contribution is 2.17. The molecule has 0 saturated heterocycles. The van der Waals surface area contributed by atoms with E-state index in [0.29, 0.717) is 0 Å². The molecule has 0 amide bonds. The third-order valence-electron chi connectivity index (χ3n) is 9.22. The molecule has 0 fully saturated rings. The Morgan fingerprint density at radius 3 is 1.34 bits per heavy atom. The average Bonchev–Trinajstić information content (AvgIpc) is 3.19. The quantitative estimate of drug-likeness (QED) is 0.0548. The molecule has 50 heavy (non-hydrogen) atoms. The lowest BCUT2D eigenvalue weighted by Crippen LogP contribution is -2.74. The molecule has 7 aromatic rings. The van der Waals surface area contributed by atoms with Crippen LogP contribution in [0.4, 0.5) is 0 Å². The fraction of sp³-hybridized carbons (Fsp3) is 0.106. The molecule has 3 heteroatoms. The maximum atomic E-state index is 5.86. The Balaban J connectivity index is 0.000000278. The Morgan fingerprint density at radius 2 is 0.880 bits per heavy atom. The molecule has 7 aromatic carbocycles. The summed E-state index contributed by atoms with van der Waals surface area (Å²) in [5.74, 6) is 0.950. The van der Waals surface area contributed by atoms with Crippen LogP contribution in [0.1, 0.15) is 30.9 Å². The van der Waals surface area contributed by atoms with Crippen molar-refractivity contribution in [2.24, 2.45) is 0 Å². The molecule has 0 aromatic heterocycles. The van der Waals surface area contributed by atoms with E-state index in [-0.39, 0.29) is 0 Å². The van der Waals surface area contributed by atoms with Gasteiger partial charge in [0, 0.05) is 11.8 Å². The van der Waals surface area contributed by atoms with Crippen LogP contribution in [0.15, 0.2) is 210 Å². The van der Waals surface area contributed by atoms with Gasteiger partial charge in [-0.2, -0.15) is 21.9 Å². The van der Waals surface area contributed by atoms with Crippen LogP contribution >= 0.6 is 0 Å². The SMILES string of the molecule is CCCCOc1ccc(Cc2cccc([B-](c3ccccc3)(c3ccccc3)c3ccccc3)c2)cc1.c1ccc([SH+]c2ccccc2)cc1. The summed E-state index contributed by atoms with van der Waals surface area (Å²) in [4.78, 5) is 2.68. The summed E-state index contributed by atoms with van der Waals surface area (Å²) in [6.07, 6.45) is 1.76. The maximum Gasteiger partial charge on any atom is 0.158 e. The molecule has 7 rings (SSSR count). The predicted molar refractivity (Wildman–Crippen MR) is 218 cm³/mol. The first-order valence-electron chi connectivity index (χ1n) is 17.7. The zero-order valence-electron chi connectivity index (χ0n) is 28.8. The Labute approximate surface area is 302 Å². The summed E-state index contributed by atoms with van der Waals surface area (Å²) < 4.78 is 5.86. The van der Waals surface area contributed by atoms with Crippen molar-refractivity contribution < 1.29 is 4.74 Å². The fourth-order valence-electron chi connectivity index (χ4n) is 6.78. The highest BCUT2D eigenvalue weighted by molar-refractivity contribution is 7.78. The number of ether oxygens (including phenoxy) is 1. The molecule has 1 nitrogen and oxygen atoms in total. The molecule has 0 unspecified atom stereocenters. The van der Waals surface area contributed by atoms with Gasteiger partial charge in [-0.1, -0.05) is 177 Å². The second kappa shape index (κ2) is 17.9. The van der Waals surface area contributed by atoms with E-state index in [1.807, 2.05) is 12.1 Å². The van der Waals surface area contributed by atoms with Crippen LogP contribution in [0.5, 0.6) is 5.75 Å². The lowest BCUT2D eigenvalue weighted by Gasteiger charge is -2.44. The molecule has 0 aliphatic rings. The van der Waals surface area contributed by atoms with Crippen LogP contribution in [0.3, 0.4) is 0 Å². The van der Waals surface area contributed by atoms with E-state index in [1.165, 1.54) is 54.5 Å². The minimum atomic E-state index is -1.35. The van der Waals surface area contributed by atoms with Gasteiger partial charge in [0.15, 0.2) is 9.79 Å². The minimum Gasteiger partial charge on any atom is -0.494 e. The van der Waals surface area contributed by atoms with E-state index in [4.69, 9.17) is 4.74 Å². The molecule has 0 N–H and O–H groups in total. The predicted octanol–water partition coefficient (Wildman–Crippen LogP) is 8.75. The smallest absolute Gasteiger partial charge is 0.158 e. The van der Waals surface area contributed by atoms with E-state index in [0.717, 1.165) is 31.6 Å². The first-order valence-corrected chi connectivity index (χ1v) is 18.6.